The zero-order valence-electron chi connectivity index (χ0n) is 12.3. The Bertz CT molecular complexity index is 762. The second-order valence-electron chi connectivity index (χ2n) is 5.19. The van der Waals surface area contributed by atoms with Crippen molar-refractivity contribution in [1.29, 1.82) is 0 Å². The molecule has 0 amide bonds. The molecule has 2 aromatic carbocycles. The van der Waals surface area contributed by atoms with Gasteiger partial charge >= 0.3 is 6.18 Å². The van der Waals surface area contributed by atoms with Crippen LogP contribution in [-0.4, -0.2) is 6.18 Å². The summed E-state index contributed by atoms with van der Waals surface area (Å²) in [6.07, 6.45) is -2.00. The van der Waals surface area contributed by atoms with Crippen LogP contribution in [0.5, 0.6) is 0 Å². The molecule has 0 N–H and O–H groups in total. The Kier molecular flexibility index (Phi) is 6.29. The molecule has 0 aromatic heterocycles. The lowest BCUT2D eigenvalue weighted by Crippen LogP contribution is -2.19. The molecule has 0 nitrogen and oxygen atoms in total. The number of benzene rings is 2. The predicted molar refractivity (Wildman–Crippen MR) is 98.2 cm³/mol. The fourth-order valence-corrected chi connectivity index (χ4v) is 3.09. The van der Waals surface area contributed by atoms with Crippen molar-refractivity contribution in [1.82, 2.24) is 0 Å². The molecular weight excluding hydrogens is 447 g/mol. The van der Waals surface area contributed by atoms with Crippen LogP contribution < -0.4 is 0 Å². The molecule has 0 aliphatic carbocycles. The fourth-order valence-electron chi connectivity index (χ4n) is 2.08. The minimum atomic E-state index is -4.49. The Labute approximate surface area is 161 Å². The third kappa shape index (κ3) is 4.69. The molecule has 0 heterocycles. The first kappa shape index (κ1) is 19.6. The summed E-state index contributed by atoms with van der Waals surface area (Å²) >= 11 is 20.9. The number of hydrogen-bond acceptors (Lipinski definition) is 0. The largest absolute Gasteiger partial charge is 0.399 e. The van der Waals surface area contributed by atoms with E-state index in [0.717, 1.165) is 16.1 Å². The second kappa shape index (κ2) is 7.69. The molecule has 0 saturated carbocycles. The predicted octanol–water partition coefficient (Wildman–Crippen LogP) is 8.08. The number of rotatable bonds is 3. The van der Waals surface area contributed by atoms with Crippen LogP contribution >= 0.6 is 50.7 Å². The Morgan fingerprint density at radius 3 is 2.12 bits per heavy atom. The van der Waals surface area contributed by atoms with E-state index in [-0.39, 0.29) is 20.6 Å². The molecule has 1 unspecified atom stereocenters. The summed E-state index contributed by atoms with van der Waals surface area (Å²) in [6, 6.07) is 7.68. The van der Waals surface area contributed by atoms with Crippen molar-refractivity contribution in [3.63, 3.8) is 0 Å². The first-order chi connectivity index (χ1) is 11.1. The van der Waals surface area contributed by atoms with Gasteiger partial charge in [0.15, 0.2) is 0 Å². The van der Waals surface area contributed by atoms with Gasteiger partial charge in [-0.1, -0.05) is 75.0 Å². The zero-order chi connectivity index (χ0) is 18.1. The smallest absolute Gasteiger partial charge is 0.170 e. The third-order valence-electron chi connectivity index (χ3n) is 3.39. The van der Waals surface area contributed by atoms with Gasteiger partial charge in [-0.25, -0.2) is 0 Å². The lowest BCUT2D eigenvalue weighted by molar-refractivity contribution is -0.139. The van der Waals surface area contributed by atoms with E-state index in [4.69, 9.17) is 34.8 Å². The molecule has 0 spiro atoms. The molecular formula is C17H11BrCl3F3. The maximum Gasteiger partial charge on any atom is 0.399 e. The molecule has 128 valence electrons. The van der Waals surface area contributed by atoms with Crippen LogP contribution in [-0.2, 0) is 0 Å². The maximum atomic E-state index is 13.4. The Balaban J connectivity index is 2.43. The van der Waals surface area contributed by atoms with Crippen LogP contribution in [0.3, 0.4) is 0 Å². The normalized spacial score (nSPS) is 13.5. The number of halogens is 7. The molecule has 2 rings (SSSR count). The molecule has 1 atom stereocenters. The second-order valence-corrected chi connectivity index (χ2v) is 7.23. The van der Waals surface area contributed by atoms with Gasteiger partial charge in [-0.05, 0) is 41.8 Å². The number of hydrogen-bond donors (Lipinski definition) is 0. The highest BCUT2D eigenvalue weighted by Gasteiger charge is 2.39. The van der Waals surface area contributed by atoms with Crippen LogP contribution in [0.1, 0.15) is 22.6 Å². The Hall–Kier alpha value is -0.680. The molecule has 0 saturated heterocycles. The van der Waals surface area contributed by atoms with Crippen LogP contribution in [0.15, 0.2) is 40.9 Å². The highest BCUT2D eigenvalue weighted by atomic mass is 79.9. The minimum absolute atomic E-state index is 0.0140. The quantitative estimate of drug-likeness (QED) is 0.408. The van der Waals surface area contributed by atoms with Gasteiger partial charge in [0.2, 0.25) is 0 Å². The summed E-state index contributed by atoms with van der Waals surface area (Å²) in [7, 11) is 0. The van der Waals surface area contributed by atoms with Crippen molar-refractivity contribution >= 4 is 56.8 Å². The van der Waals surface area contributed by atoms with E-state index >= 15 is 0 Å². The number of allylic oxidation sites excluding steroid dienone is 1. The number of aryl methyl sites for hydroxylation is 1. The van der Waals surface area contributed by atoms with Gasteiger partial charge in [0, 0.05) is 4.47 Å². The monoisotopic (exact) mass is 456 g/mol. The van der Waals surface area contributed by atoms with E-state index in [1.165, 1.54) is 18.2 Å². The van der Waals surface area contributed by atoms with Crippen LogP contribution in [0.25, 0.3) is 6.08 Å². The van der Waals surface area contributed by atoms with Crippen LogP contribution in [0, 0.1) is 6.92 Å². The molecule has 2 aromatic rings. The maximum absolute atomic E-state index is 13.4. The van der Waals surface area contributed by atoms with Gasteiger partial charge in [-0.3, -0.25) is 0 Å². The van der Waals surface area contributed by atoms with E-state index in [2.05, 4.69) is 15.9 Å². The molecule has 0 fully saturated rings. The minimum Gasteiger partial charge on any atom is -0.170 e. The summed E-state index contributed by atoms with van der Waals surface area (Å²) in [5.41, 5.74) is 1.58. The molecule has 0 radical (unpaired) electrons. The summed E-state index contributed by atoms with van der Waals surface area (Å²) in [6.45, 7) is 1.90. The average Bonchev–Trinajstić information content (AvgIpc) is 2.47. The molecule has 0 aliphatic heterocycles. The molecule has 7 heteroatoms. The van der Waals surface area contributed by atoms with Gasteiger partial charge in [0.1, 0.15) is 0 Å². The van der Waals surface area contributed by atoms with Crippen molar-refractivity contribution in [2.24, 2.45) is 0 Å². The highest BCUT2D eigenvalue weighted by molar-refractivity contribution is 9.10. The van der Waals surface area contributed by atoms with Crippen molar-refractivity contribution < 1.29 is 13.2 Å². The van der Waals surface area contributed by atoms with E-state index in [9.17, 15) is 13.2 Å². The van der Waals surface area contributed by atoms with E-state index in [0.29, 0.717) is 5.56 Å². The van der Waals surface area contributed by atoms with Crippen LogP contribution in [0.4, 0.5) is 13.2 Å². The van der Waals surface area contributed by atoms with E-state index in [1.807, 2.05) is 13.0 Å². The summed E-state index contributed by atoms with van der Waals surface area (Å²) in [4.78, 5) is 0. The van der Waals surface area contributed by atoms with E-state index < -0.39 is 12.1 Å². The summed E-state index contributed by atoms with van der Waals surface area (Å²) in [5, 5.41) is 0.00856. The third-order valence-corrected chi connectivity index (χ3v) is 5.45. The van der Waals surface area contributed by atoms with Gasteiger partial charge in [-0.15, -0.1) is 0 Å². The summed E-state index contributed by atoms with van der Waals surface area (Å²) in [5.74, 6) is -1.84. The lowest BCUT2D eigenvalue weighted by Gasteiger charge is -2.18. The average molecular weight is 459 g/mol. The first-order valence-electron chi connectivity index (χ1n) is 6.75. The highest BCUT2D eigenvalue weighted by Crippen LogP contribution is 2.41. The van der Waals surface area contributed by atoms with Gasteiger partial charge in [0.25, 0.3) is 0 Å². The summed E-state index contributed by atoms with van der Waals surface area (Å²) < 4.78 is 41.1. The molecule has 0 aliphatic rings. The van der Waals surface area contributed by atoms with Gasteiger partial charge in [0.05, 0.1) is 21.0 Å². The molecule has 0 bridgehead atoms. The Morgan fingerprint density at radius 1 is 1.04 bits per heavy atom. The standard InChI is InChI=1S/C17H11BrCl3F3/c1-9-2-3-10(6-13(9)18)4-5-12(17(22,23)24)11-7-14(19)16(21)15(20)8-11/h2-8,12H,1H3/b5-4+. The van der Waals surface area contributed by atoms with Crippen molar-refractivity contribution in [3.8, 4) is 0 Å². The fraction of sp³-hybridized carbons (Fsp3) is 0.176. The van der Waals surface area contributed by atoms with Crippen molar-refractivity contribution in [3.05, 3.63) is 72.6 Å². The van der Waals surface area contributed by atoms with Crippen LogP contribution in [0.2, 0.25) is 15.1 Å². The van der Waals surface area contributed by atoms with Crippen molar-refractivity contribution in [2.75, 3.05) is 0 Å². The first-order valence-corrected chi connectivity index (χ1v) is 8.68. The number of alkyl halides is 3. The van der Waals surface area contributed by atoms with E-state index in [1.54, 1.807) is 12.1 Å². The van der Waals surface area contributed by atoms with Gasteiger partial charge in [-0.2, -0.15) is 13.2 Å². The molecule has 24 heavy (non-hydrogen) atoms. The van der Waals surface area contributed by atoms with Crippen molar-refractivity contribution in [2.45, 2.75) is 19.0 Å². The lowest BCUT2D eigenvalue weighted by atomic mass is 9.97. The Morgan fingerprint density at radius 2 is 1.62 bits per heavy atom. The topological polar surface area (TPSA) is 0 Å². The SMILES string of the molecule is Cc1ccc(/C=C/C(c2cc(Cl)c(Cl)c(Cl)c2)C(F)(F)F)cc1Br. The zero-order valence-corrected chi connectivity index (χ0v) is 16.1. The van der Waals surface area contributed by atoms with Gasteiger partial charge < -0.3 is 0 Å².